The largest absolute Gasteiger partial charge is 0.444 e. The molecule has 1 aliphatic rings. The van der Waals surface area contributed by atoms with Crippen LogP contribution in [0.2, 0.25) is 0 Å². The maximum absolute atomic E-state index is 12.5. The lowest BCUT2D eigenvalue weighted by Crippen LogP contribution is -2.49. The van der Waals surface area contributed by atoms with Crippen molar-refractivity contribution in [3.05, 3.63) is 0 Å². The zero-order chi connectivity index (χ0) is 17.6. The molecule has 1 fully saturated rings. The Morgan fingerprint density at radius 2 is 1.91 bits per heavy atom. The minimum absolute atomic E-state index is 0.149. The van der Waals surface area contributed by atoms with Crippen LogP contribution in [-0.2, 0) is 4.74 Å². The van der Waals surface area contributed by atoms with E-state index in [9.17, 15) is 4.79 Å². The van der Waals surface area contributed by atoms with Crippen LogP contribution < -0.4 is 5.32 Å². The van der Waals surface area contributed by atoms with Gasteiger partial charge in [-0.05, 0) is 66.2 Å². The summed E-state index contributed by atoms with van der Waals surface area (Å²) in [5.41, 5.74) is -0.423. The van der Waals surface area contributed by atoms with Crippen molar-refractivity contribution in [1.29, 1.82) is 0 Å². The van der Waals surface area contributed by atoms with Gasteiger partial charge in [-0.15, -0.1) is 0 Å². The molecule has 1 rings (SSSR count). The summed E-state index contributed by atoms with van der Waals surface area (Å²) in [6.07, 6.45) is 5.42. The number of hydrogen-bond acceptors (Lipinski definition) is 3. The van der Waals surface area contributed by atoms with E-state index >= 15 is 0 Å². The van der Waals surface area contributed by atoms with Gasteiger partial charge in [0, 0.05) is 24.7 Å². The molecule has 0 aromatic rings. The van der Waals surface area contributed by atoms with Gasteiger partial charge in [0.25, 0.3) is 0 Å². The molecule has 0 aliphatic carbocycles. The van der Waals surface area contributed by atoms with Crippen molar-refractivity contribution >= 4 is 6.09 Å². The third-order valence-electron chi connectivity index (χ3n) is 4.93. The van der Waals surface area contributed by atoms with Crippen LogP contribution in [0.3, 0.4) is 0 Å². The maximum atomic E-state index is 12.5. The monoisotopic (exact) mass is 326 g/mol. The van der Waals surface area contributed by atoms with E-state index in [1.807, 2.05) is 25.7 Å². The second kappa shape index (κ2) is 8.91. The van der Waals surface area contributed by atoms with Gasteiger partial charge in [-0.2, -0.15) is 0 Å². The standard InChI is InChI=1S/C19H38N2O2/c1-8-14(2)16(4)20-15(3)13-17-11-9-10-12-21(17)18(22)23-19(5,6)7/h14-17,20H,8-13H2,1-7H3. The second-order valence-electron chi connectivity index (χ2n) is 8.30. The highest BCUT2D eigenvalue weighted by molar-refractivity contribution is 5.68. The van der Waals surface area contributed by atoms with Crippen LogP contribution in [0.4, 0.5) is 4.79 Å². The van der Waals surface area contributed by atoms with Crippen molar-refractivity contribution in [2.24, 2.45) is 5.92 Å². The Morgan fingerprint density at radius 1 is 1.26 bits per heavy atom. The molecule has 4 nitrogen and oxygen atoms in total. The van der Waals surface area contributed by atoms with Crippen LogP contribution in [0.1, 0.15) is 80.6 Å². The number of rotatable bonds is 6. The number of piperidine rings is 1. The summed E-state index contributed by atoms with van der Waals surface area (Å²) in [5.74, 6) is 0.672. The molecule has 4 atom stereocenters. The number of hydrogen-bond donors (Lipinski definition) is 1. The number of amides is 1. The maximum Gasteiger partial charge on any atom is 0.410 e. The molecule has 0 aromatic carbocycles. The van der Waals surface area contributed by atoms with Crippen molar-refractivity contribution in [2.45, 2.75) is 104 Å². The Hall–Kier alpha value is -0.770. The average molecular weight is 327 g/mol. The zero-order valence-electron chi connectivity index (χ0n) is 16.3. The molecule has 0 saturated carbocycles. The number of ether oxygens (including phenoxy) is 1. The van der Waals surface area contributed by atoms with Gasteiger partial charge in [-0.25, -0.2) is 4.79 Å². The Kier molecular flexibility index (Phi) is 7.85. The fourth-order valence-electron chi connectivity index (χ4n) is 3.25. The third kappa shape index (κ3) is 7.11. The van der Waals surface area contributed by atoms with Crippen molar-refractivity contribution < 1.29 is 9.53 Å². The highest BCUT2D eigenvalue weighted by atomic mass is 16.6. The van der Waals surface area contributed by atoms with E-state index in [1.54, 1.807) is 0 Å². The number of nitrogens with one attached hydrogen (secondary N) is 1. The molecule has 4 unspecified atom stereocenters. The van der Waals surface area contributed by atoms with Crippen LogP contribution in [0.15, 0.2) is 0 Å². The summed E-state index contributed by atoms with van der Waals surface area (Å²) in [5, 5.41) is 3.71. The number of carbonyl (C=O) groups excluding carboxylic acids is 1. The van der Waals surface area contributed by atoms with Gasteiger partial charge >= 0.3 is 6.09 Å². The van der Waals surface area contributed by atoms with E-state index in [-0.39, 0.29) is 6.09 Å². The molecule has 4 heteroatoms. The predicted molar refractivity (Wildman–Crippen MR) is 96.7 cm³/mol. The first-order chi connectivity index (χ1) is 10.6. The van der Waals surface area contributed by atoms with E-state index in [0.717, 1.165) is 25.8 Å². The molecule has 0 bridgehead atoms. The van der Waals surface area contributed by atoms with Gasteiger partial charge in [0.15, 0.2) is 0 Å². The number of likely N-dealkylation sites (tertiary alicyclic amines) is 1. The van der Waals surface area contributed by atoms with Crippen LogP contribution in [0.25, 0.3) is 0 Å². The lowest BCUT2D eigenvalue weighted by Gasteiger charge is -2.38. The van der Waals surface area contributed by atoms with Gasteiger partial charge in [-0.1, -0.05) is 20.3 Å². The molecule has 1 amide bonds. The average Bonchev–Trinajstić information content (AvgIpc) is 2.44. The summed E-state index contributed by atoms with van der Waals surface area (Å²) in [6.45, 7) is 15.6. The SMILES string of the molecule is CCC(C)C(C)NC(C)CC1CCCCN1C(=O)OC(C)(C)C. The second-order valence-corrected chi connectivity index (χ2v) is 8.30. The van der Waals surface area contributed by atoms with E-state index in [0.29, 0.717) is 24.0 Å². The summed E-state index contributed by atoms with van der Waals surface area (Å²) in [6, 6.07) is 1.21. The van der Waals surface area contributed by atoms with E-state index in [2.05, 4.69) is 33.0 Å². The van der Waals surface area contributed by atoms with Crippen LogP contribution in [-0.4, -0.2) is 41.3 Å². The van der Waals surface area contributed by atoms with Crippen LogP contribution in [0.5, 0.6) is 0 Å². The van der Waals surface area contributed by atoms with Gasteiger partial charge in [-0.3, -0.25) is 0 Å². The first-order valence-corrected chi connectivity index (χ1v) is 9.39. The highest BCUT2D eigenvalue weighted by Crippen LogP contribution is 2.24. The molecule has 1 saturated heterocycles. The molecule has 136 valence electrons. The summed E-state index contributed by atoms with van der Waals surface area (Å²) >= 11 is 0. The van der Waals surface area contributed by atoms with Crippen molar-refractivity contribution in [1.82, 2.24) is 10.2 Å². The molecule has 1 heterocycles. The fourth-order valence-corrected chi connectivity index (χ4v) is 3.25. The molecule has 0 aromatic heterocycles. The zero-order valence-corrected chi connectivity index (χ0v) is 16.3. The van der Waals surface area contributed by atoms with Crippen molar-refractivity contribution in [2.75, 3.05) is 6.54 Å². The summed E-state index contributed by atoms with van der Waals surface area (Å²) in [4.78, 5) is 14.4. The summed E-state index contributed by atoms with van der Waals surface area (Å²) < 4.78 is 5.59. The summed E-state index contributed by atoms with van der Waals surface area (Å²) in [7, 11) is 0. The van der Waals surface area contributed by atoms with Crippen LogP contribution >= 0.6 is 0 Å². The Bertz CT molecular complexity index is 365. The topological polar surface area (TPSA) is 41.6 Å². The predicted octanol–water partition coefficient (Wildman–Crippen LogP) is 4.58. The molecular formula is C19H38N2O2. The van der Waals surface area contributed by atoms with E-state index < -0.39 is 5.60 Å². The lowest BCUT2D eigenvalue weighted by atomic mass is 9.95. The Balaban J connectivity index is 2.59. The molecule has 0 radical (unpaired) electrons. The quantitative estimate of drug-likeness (QED) is 0.777. The first kappa shape index (κ1) is 20.3. The van der Waals surface area contributed by atoms with Crippen molar-refractivity contribution in [3.8, 4) is 0 Å². The van der Waals surface area contributed by atoms with Gasteiger partial charge in [0.05, 0.1) is 0 Å². The van der Waals surface area contributed by atoms with Crippen molar-refractivity contribution in [3.63, 3.8) is 0 Å². The van der Waals surface area contributed by atoms with Gasteiger partial charge in [0.2, 0.25) is 0 Å². The molecule has 1 aliphatic heterocycles. The van der Waals surface area contributed by atoms with Gasteiger partial charge in [0.1, 0.15) is 5.60 Å². The lowest BCUT2D eigenvalue weighted by molar-refractivity contribution is 0.00772. The Morgan fingerprint density at radius 3 is 2.48 bits per heavy atom. The highest BCUT2D eigenvalue weighted by Gasteiger charge is 2.31. The molecular weight excluding hydrogens is 288 g/mol. The first-order valence-electron chi connectivity index (χ1n) is 9.39. The van der Waals surface area contributed by atoms with Gasteiger partial charge < -0.3 is 15.0 Å². The fraction of sp³-hybridized carbons (Fsp3) is 0.947. The number of carbonyl (C=O) groups is 1. The number of nitrogens with zero attached hydrogens (tertiary/aromatic N) is 1. The molecule has 0 spiro atoms. The Labute approximate surface area is 143 Å². The third-order valence-corrected chi connectivity index (χ3v) is 4.93. The van der Waals surface area contributed by atoms with E-state index in [4.69, 9.17) is 4.74 Å². The minimum Gasteiger partial charge on any atom is -0.444 e. The molecule has 1 N–H and O–H groups in total. The minimum atomic E-state index is -0.423. The normalized spacial score (nSPS) is 23.3. The van der Waals surface area contributed by atoms with Crippen LogP contribution in [0, 0.1) is 5.92 Å². The molecule has 23 heavy (non-hydrogen) atoms. The van der Waals surface area contributed by atoms with E-state index in [1.165, 1.54) is 12.8 Å². The smallest absolute Gasteiger partial charge is 0.410 e.